The Bertz CT molecular complexity index is 323. The van der Waals surface area contributed by atoms with E-state index in [2.05, 4.69) is 10.2 Å². The topological polar surface area (TPSA) is 67.9 Å². The number of hydrogen-bond donors (Lipinski definition) is 1. The maximum atomic E-state index is 11.9. The Morgan fingerprint density at radius 3 is 2.62 bits per heavy atom. The van der Waals surface area contributed by atoms with Crippen LogP contribution in [0.1, 0.15) is 39.5 Å². The van der Waals surface area contributed by atoms with Crippen LogP contribution >= 0.6 is 0 Å². The molecule has 0 radical (unpaired) electrons. The zero-order chi connectivity index (χ0) is 15.5. The minimum atomic E-state index is -0.177. The summed E-state index contributed by atoms with van der Waals surface area (Å²) in [5, 5.41) is 3.23. The number of unbranched alkanes of at least 4 members (excludes halogenated alkanes) is 2. The van der Waals surface area contributed by atoms with Gasteiger partial charge in [0.2, 0.25) is 0 Å². The van der Waals surface area contributed by atoms with E-state index in [0.717, 1.165) is 38.9 Å². The Morgan fingerprint density at radius 2 is 1.90 bits per heavy atom. The number of rotatable bonds is 9. The third-order valence-corrected chi connectivity index (χ3v) is 3.54. The molecule has 0 bridgehead atoms. The van der Waals surface area contributed by atoms with E-state index >= 15 is 0 Å². The second kappa shape index (κ2) is 10.6. The first-order valence-corrected chi connectivity index (χ1v) is 7.96. The lowest BCUT2D eigenvalue weighted by Gasteiger charge is -2.34. The third-order valence-electron chi connectivity index (χ3n) is 3.54. The molecular weight excluding hydrogens is 272 g/mol. The van der Waals surface area contributed by atoms with Crippen LogP contribution in [0, 0.1) is 0 Å². The van der Waals surface area contributed by atoms with Crippen molar-refractivity contribution in [2.75, 3.05) is 39.4 Å². The normalized spacial score (nSPS) is 19.2. The highest BCUT2D eigenvalue weighted by atomic mass is 16.5. The highest BCUT2D eigenvalue weighted by Crippen LogP contribution is 2.09. The largest absolute Gasteiger partial charge is 0.466 e. The van der Waals surface area contributed by atoms with E-state index in [-0.39, 0.29) is 18.0 Å². The molecule has 1 unspecified atom stereocenters. The van der Waals surface area contributed by atoms with E-state index in [4.69, 9.17) is 9.47 Å². The lowest BCUT2D eigenvalue weighted by molar-refractivity contribution is -0.150. The smallest absolute Gasteiger partial charge is 0.324 e. The summed E-state index contributed by atoms with van der Waals surface area (Å²) in [6, 6.07) is -0.177. The second-order valence-corrected chi connectivity index (χ2v) is 5.12. The van der Waals surface area contributed by atoms with Gasteiger partial charge in [-0.1, -0.05) is 6.42 Å². The zero-order valence-corrected chi connectivity index (χ0v) is 13.2. The molecule has 6 nitrogen and oxygen atoms in total. The lowest BCUT2D eigenvalue weighted by Crippen LogP contribution is -2.55. The van der Waals surface area contributed by atoms with Gasteiger partial charge < -0.3 is 14.8 Å². The second-order valence-electron chi connectivity index (χ2n) is 5.12. The Hall–Kier alpha value is -1.14. The van der Waals surface area contributed by atoms with E-state index < -0.39 is 0 Å². The van der Waals surface area contributed by atoms with Gasteiger partial charge in [0.1, 0.15) is 6.04 Å². The summed E-state index contributed by atoms with van der Waals surface area (Å²) >= 11 is 0. The van der Waals surface area contributed by atoms with Crippen molar-refractivity contribution < 1.29 is 19.1 Å². The highest BCUT2D eigenvalue weighted by molar-refractivity contribution is 5.76. The minimum Gasteiger partial charge on any atom is -0.466 e. The summed E-state index contributed by atoms with van der Waals surface area (Å²) in [6.07, 6.45) is 3.28. The van der Waals surface area contributed by atoms with E-state index in [1.54, 1.807) is 0 Å². The Balaban J connectivity index is 2.22. The van der Waals surface area contributed by atoms with Crippen LogP contribution in [0.3, 0.4) is 0 Å². The molecule has 0 saturated carbocycles. The number of nitrogens with one attached hydrogen (secondary N) is 1. The Kier molecular flexibility index (Phi) is 9.01. The Labute approximate surface area is 127 Å². The highest BCUT2D eigenvalue weighted by Gasteiger charge is 2.29. The lowest BCUT2D eigenvalue weighted by atomic mass is 10.1. The van der Waals surface area contributed by atoms with Crippen molar-refractivity contribution in [2.45, 2.75) is 45.6 Å². The van der Waals surface area contributed by atoms with Crippen molar-refractivity contribution >= 4 is 11.9 Å². The number of hydrogen-bond acceptors (Lipinski definition) is 6. The summed E-state index contributed by atoms with van der Waals surface area (Å²) in [5.41, 5.74) is 0. The van der Waals surface area contributed by atoms with Crippen LogP contribution in [-0.4, -0.2) is 62.3 Å². The fraction of sp³-hybridized carbons (Fsp3) is 0.867. The van der Waals surface area contributed by atoms with Crippen LogP contribution in [0.4, 0.5) is 0 Å². The SMILES string of the molecule is CCOC(=O)CCCCCN1CCNCC1C(=O)OCC. The van der Waals surface area contributed by atoms with Crippen LogP contribution < -0.4 is 5.32 Å². The first-order chi connectivity index (χ1) is 10.2. The van der Waals surface area contributed by atoms with Crippen LogP contribution in [0.25, 0.3) is 0 Å². The predicted molar refractivity (Wildman–Crippen MR) is 80.0 cm³/mol. The van der Waals surface area contributed by atoms with Gasteiger partial charge in [-0.25, -0.2) is 0 Å². The van der Waals surface area contributed by atoms with Gasteiger partial charge in [-0.05, 0) is 33.2 Å². The van der Waals surface area contributed by atoms with Gasteiger partial charge in [0.05, 0.1) is 13.2 Å². The van der Waals surface area contributed by atoms with Crippen LogP contribution in [-0.2, 0) is 19.1 Å². The average Bonchev–Trinajstić information content (AvgIpc) is 2.48. The van der Waals surface area contributed by atoms with E-state index in [9.17, 15) is 9.59 Å². The standard InChI is InChI=1S/C15H28N2O4/c1-3-20-14(18)8-6-5-7-10-17-11-9-16-12-13(17)15(19)21-4-2/h13,16H,3-12H2,1-2H3. The van der Waals surface area contributed by atoms with Crippen LogP contribution in [0.5, 0.6) is 0 Å². The van der Waals surface area contributed by atoms with E-state index in [1.807, 2.05) is 13.8 Å². The molecule has 1 fully saturated rings. The average molecular weight is 300 g/mol. The molecule has 1 aliphatic heterocycles. The molecule has 0 aliphatic carbocycles. The first kappa shape index (κ1) is 17.9. The minimum absolute atomic E-state index is 0.121. The number of carbonyl (C=O) groups excluding carboxylic acids is 2. The van der Waals surface area contributed by atoms with Crippen molar-refractivity contribution in [1.29, 1.82) is 0 Å². The number of nitrogens with zero attached hydrogens (tertiary/aromatic N) is 1. The molecule has 6 heteroatoms. The Morgan fingerprint density at radius 1 is 1.14 bits per heavy atom. The van der Waals surface area contributed by atoms with Gasteiger partial charge >= 0.3 is 11.9 Å². The molecule has 1 saturated heterocycles. The number of ether oxygens (including phenoxy) is 2. The third kappa shape index (κ3) is 6.91. The molecule has 122 valence electrons. The summed E-state index contributed by atoms with van der Waals surface area (Å²) in [4.78, 5) is 25.3. The molecule has 1 N–H and O–H groups in total. The maximum absolute atomic E-state index is 11.9. The number of esters is 2. The first-order valence-electron chi connectivity index (χ1n) is 7.96. The van der Waals surface area contributed by atoms with Crippen LogP contribution in [0.15, 0.2) is 0 Å². The fourth-order valence-corrected chi connectivity index (χ4v) is 2.48. The van der Waals surface area contributed by atoms with Crippen molar-refractivity contribution in [2.24, 2.45) is 0 Å². The molecule has 1 heterocycles. The van der Waals surface area contributed by atoms with Gasteiger partial charge in [-0.3, -0.25) is 14.5 Å². The predicted octanol–water partition coefficient (Wildman–Crippen LogP) is 0.947. The van der Waals surface area contributed by atoms with Gasteiger partial charge in [-0.2, -0.15) is 0 Å². The maximum Gasteiger partial charge on any atom is 0.324 e. The van der Waals surface area contributed by atoms with Crippen molar-refractivity contribution in [3.05, 3.63) is 0 Å². The molecule has 1 rings (SSSR count). The van der Waals surface area contributed by atoms with Gasteiger partial charge in [0.25, 0.3) is 0 Å². The fourth-order valence-electron chi connectivity index (χ4n) is 2.48. The van der Waals surface area contributed by atoms with E-state index in [1.165, 1.54) is 0 Å². The quantitative estimate of drug-likeness (QED) is 0.505. The molecule has 0 spiro atoms. The number of piperazine rings is 1. The molecule has 21 heavy (non-hydrogen) atoms. The van der Waals surface area contributed by atoms with Crippen molar-refractivity contribution in [1.82, 2.24) is 10.2 Å². The summed E-state index contributed by atoms with van der Waals surface area (Å²) in [6.45, 7) is 7.80. The number of carbonyl (C=O) groups is 2. The van der Waals surface area contributed by atoms with Crippen molar-refractivity contribution in [3.8, 4) is 0 Å². The molecular formula is C15H28N2O4. The molecule has 0 aromatic heterocycles. The summed E-state index contributed by atoms with van der Waals surface area (Å²) < 4.78 is 10.0. The zero-order valence-electron chi connectivity index (χ0n) is 13.2. The van der Waals surface area contributed by atoms with Crippen molar-refractivity contribution in [3.63, 3.8) is 0 Å². The molecule has 0 amide bonds. The molecule has 1 aliphatic rings. The molecule has 1 atom stereocenters. The summed E-state index contributed by atoms with van der Waals surface area (Å²) in [5.74, 6) is -0.264. The molecule has 0 aromatic rings. The molecule has 0 aromatic carbocycles. The summed E-state index contributed by atoms with van der Waals surface area (Å²) in [7, 11) is 0. The van der Waals surface area contributed by atoms with E-state index in [0.29, 0.717) is 26.2 Å². The van der Waals surface area contributed by atoms with Crippen LogP contribution in [0.2, 0.25) is 0 Å². The van der Waals surface area contributed by atoms with Gasteiger partial charge in [0, 0.05) is 26.1 Å². The van der Waals surface area contributed by atoms with Gasteiger partial charge in [0.15, 0.2) is 0 Å². The monoisotopic (exact) mass is 300 g/mol. The van der Waals surface area contributed by atoms with Gasteiger partial charge in [-0.15, -0.1) is 0 Å².